The van der Waals surface area contributed by atoms with Gasteiger partial charge in [0.05, 0.1) is 6.61 Å². The number of phosphoric ester groups is 1. The van der Waals surface area contributed by atoms with E-state index in [0.717, 1.165) is 52.1 Å². The van der Waals surface area contributed by atoms with Gasteiger partial charge in [-0.2, -0.15) is 0 Å². The number of hydrogen-bond donors (Lipinski definition) is 1. The summed E-state index contributed by atoms with van der Waals surface area (Å²) in [6.45, 7) is 3.90. The second kappa shape index (κ2) is 37.5. The molecule has 0 aliphatic carbocycles. The largest absolute Gasteiger partial charge is 0.472 e. The van der Waals surface area contributed by atoms with Gasteiger partial charge in [-0.25, -0.2) is 4.57 Å². The second-order valence-corrected chi connectivity index (χ2v) is 15.7. The Kier molecular flexibility index (Phi) is 36.6. The fraction of sp³-hybridized carbons (Fsp3) is 0.902. The van der Waals surface area contributed by atoms with Crippen LogP contribution >= 0.6 is 7.82 Å². The van der Waals surface area contributed by atoms with E-state index >= 15 is 0 Å². The van der Waals surface area contributed by atoms with Gasteiger partial charge in [0.25, 0.3) is 0 Å². The van der Waals surface area contributed by atoms with Gasteiger partial charge in [-0.3, -0.25) is 18.6 Å². The first kappa shape index (κ1) is 48.8. The summed E-state index contributed by atoms with van der Waals surface area (Å²) in [5.74, 6) is -0.799. The molecule has 0 aromatic rings. The number of allylic oxidation sites excluding steroid dienone is 2. The Hall–Kier alpha value is -1.21. The summed E-state index contributed by atoms with van der Waals surface area (Å²) in [4.78, 5) is 34.4. The van der Waals surface area contributed by atoms with Crippen LogP contribution in [0.25, 0.3) is 0 Å². The molecule has 0 radical (unpaired) electrons. The van der Waals surface area contributed by atoms with Crippen LogP contribution in [-0.2, 0) is 32.7 Å². The normalized spacial score (nSPS) is 13.4. The molecule has 0 aromatic carbocycles. The lowest BCUT2D eigenvalue weighted by Crippen LogP contribution is -2.29. The average molecular weight is 731 g/mol. The third-order valence-electron chi connectivity index (χ3n) is 9.26. The van der Waals surface area contributed by atoms with Crippen molar-refractivity contribution in [3.05, 3.63) is 12.2 Å². The highest BCUT2D eigenvalue weighted by atomic mass is 31.2. The van der Waals surface area contributed by atoms with Crippen LogP contribution < -0.4 is 0 Å². The molecule has 0 saturated heterocycles. The Morgan fingerprint density at radius 2 is 0.900 bits per heavy atom. The van der Waals surface area contributed by atoms with E-state index in [1.807, 2.05) is 0 Å². The van der Waals surface area contributed by atoms with E-state index in [2.05, 4.69) is 30.5 Å². The molecule has 0 aliphatic rings. The van der Waals surface area contributed by atoms with Gasteiger partial charge >= 0.3 is 19.8 Å². The van der Waals surface area contributed by atoms with Crippen LogP contribution in [-0.4, -0.2) is 43.3 Å². The number of phosphoric acid groups is 1. The molecule has 0 aromatic heterocycles. The monoisotopic (exact) mass is 731 g/mol. The predicted molar refractivity (Wildman–Crippen MR) is 207 cm³/mol. The zero-order valence-electron chi connectivity index (χ0n) is 32.8. The maximum atomic E-state index is 12.5. The second-order valence-electron chi connectivity index (χ2n) is 14.1. The van der Waals surface area contributed by atoms with Crippen molar-refractivity contribution in [1.82, 2.24) is 0 Å². The summed E-state index contributed by atoms with van der Waals surface area (Å²) in [5.41, 5.74) is 0. The first-order valence-corrected chi connectivity index (χ1v) is 22.4. The highest BCUT2D eigenvalue weighted by Crippen LogP contribution is 2.42. The topological polar surface area (TPSA) is 108 Å². The number of hydrogen-bond acceptors (Lipinski definition) is 7. The molecule has 8 nitrogen and oxygen atoms in total. The molecule has 0 aliphatic heterocycles. The molecular formula is C41H79O8P. The van der Waals surface area contributed by atoms with E-state index in [1.165, 1.54) is 135 Å². The number of esters is 2. The Bertz CT molecular complexity index is 833. The van der Waals surface area contributed by atoms with Crippen LogP contribution in [0.2, 0.25) is 0 Å². The SMILES string of the molecule is CCCCCCCCC/C=C\CCCCCCCCCC(=O)OC(COC(=O)CCCCCCCCCCCCCCC)COP(=O)(O)OC. The maximum absolute atomic E-state index is 12.5. The average Bonchev–Trinajstić information content (AvgIpc) is 3.10. The highest BCUT2D eigenvalue weighted by molar-refractivity contribution is 7.47. The predicted octanol–water partition coefficient (Wildman–Crippen LogP) is 12.9. The summed E-state index contributed by atoms with van der Waals surface area (Å²) in [5, 5.41) is 0. The van der Waals surface area contributed by atoms with Crippen molar-refractivity contribution in [2.24, 2.45) is 0 Å². The molecule has 0 amide bonds. The maximum Gasteiger partial charge on any atom is 0.472 e. The van der Waals surface area contributed by atoms with Gasteiger partial charge in [0.15, 0.2) is 6.10 Å². The van der Waals surface area contributed by atoms with E-state index in [0.29, 0.717) is 12.8 Å². The fourth-order valence-corrected chi connectivity index (χ4v) is 6.47. The lowest BCUT2D eigenvalue weighted by Gasteiger charge is -2.19. The van der Waals surface area contributed by atoms with Crippen molar-refractivity contribution in [2.75, 3.05) is 20.3 Å². The van der Waals surface area contributed by atoms with Crippen LogP contribution in [0.15, 0.2) is 12.2 Å². The summed E-state index contributed by atoms with van der Waals surface area (Å²) in [6, 6.07) is 0. The Morgan fingerprint density at radius 3 is 1.30 bits per heavy atom. The van der Waals surface area contributed by atoms with Gasteiger partial charge in [0.2, 0.25) is 0 Å². The summed E-state index contributed by atoms with van der Waals surface area (Å²) in [7, 11) is -3.19. The molecule has 0 saturated carbocycles. The van der Waals surface area contributed by atoms with Gasteiger partial charge < -0.3 is 14.4 Å². The van der Waals surface area contributed by atoms with Gasteiger partial charge in [-0.05, 0) is 38.5 Å². The summed E-state index contributed by atoms with van der Waals surface area (Å²) >= 11 is 0. The van der Waals surface area contributed by atoms with Crippen molar-refractivity contribution < 1.29 is 37.6 Å². The number of ether oxygens (including phenoxy) is 2. The van der Waals surface area contributed by atoms with E-state index in [-0.39, 0.29) is 19.0 Å². The van der Waals surface area contributed by atoms with Crippen molar-refractivity contribution in [3.63, 3.8) is 0 Å². The van der Waals surface area contributed by atoms with Crippen LogP contribution in [0.5, 0.6) is 0 Å². The quantitative estimate of drug-likeness (QED) is 0.0288. The van der Waals surface area contributed by atoms with Gasteiger partial charge in [-0.1, -0.05) is 174 Å². The molecule has 50 heavy (non-hydrogen) atoms. The molecule has 0 fully saturated rings. The first-order chi connectivity index (χ1) is 24.3. The molecule has 2 unspecified atom stereocenters. The fourth-order valence-electron chi connectivity index (χ4n) is 6.01. The molecule has 1 N–H and O–H groups in total. The Morgan fingerprint density at radius 1 is 0.540 bits per heavy atom. The molecule has 0 rings (SSSR count). The van der Waals surface area contributed by atoms with Crippen molar-refractivity contribution >= 4 is 19.8 Å². The molecule has 296 valence electrons. The number of unbranched alkanes of at least 4 members (excludes halogenated alkanes) is 26. The van der Waals surface area contributed by atoms with Crippen LogP contribution in [0.3, 0.4) is 0 Å². The Labute approximate surface area is 308 Å². The van der Waals surface area contributed by atoms with E-state index in [9.17, 15) is 19.0 Å². The molecule has 0 spiro atoms. The Balaban J connectivity index is 3.98. The third kappa shape index (κ3) is 36.6. The number of rotatable bonds is 39. The third-order valence-corrected chi connectivity index (χ3v) is 10.2. The zero-order valence-corrected chi connectivity index (χ0v) is 33.7. The lowest BCUT2D eigenvalue weighted by atomic mass is 10.0. The standard InChI is InChI=1S/C41H79O8P/c1-4-6-8-10-12-14-16-18-19-20-21-22-24-26-28-30-32-34-36-41(43)49-39(38-48-50(44,45)46-3)37-47-40(42)35-33-31-29-27-25-23-17-15-13-11-9-7-5-2/h19-20,39H,4-18,21-38H2,1-3H3,(H,44,45)/b20-19-. The van der Waals surface area contributed by atoms with Crippen molar-refractivity contribution in [1.29, 1.82) is 0 Å². The lowest BCUT2D eigenvalue weighted by molar-refractivity contribution is -0.161. The van der Waals surface area contributed by atoms with Gasteiger partial charge in [-0.15, -0.1) is 0 Å². The number of carbonyl (C=O) groups excluding carboxylic acids is 2. The minimum Gasteiger partial charge on any atom is -0.462 e. The van der Waals surface area contributed by atoms with Gasteiger partial charge in [0.1, 0.15) is 6.61 Å². The van der Waals surface area contributed by atoms with Crippen molar-refractivity contribution in [3.8, 4) is 0 Å². The van der Waals surface area contributed by atoms with Gasteiger partial charge in [0, 0.05) is 20.0 Å². The number of carbonyl (C=O) groups is 2. The van der Waals surface area contributed by atoms with E-state index < -0.39 is 26.5 Å². The first-order valence-electron chi connectivity index (χ1n) is 20.9. The molecule has 0 heterocycles. The molecule has 0 bridgehead atoms. The minimum atomic E-state index is -4.25. The molecular weight excluding hydrogens is 651 g/mol. The van der Waals surface area contributed by atoms with Crippen LogP contribution in [0.1, 0.15) is 213 Å². The van der Waals surface area contributed by atoms with E-state index in [1.54, 1.807) is 0 Å². The minimum absolute atomic E-state index is 0.221. The molecule has 9 heteroatoms. The summed E-state index contributed by atoms with van der Waals surface area (Å²) in [6.07, 6.45) is 39.7. The van der Waals surface area contributed by atoms with Crippen molar-refractivity contribution in [2.45, 2.75) is 219 Å². The summed E-state index contributed by atoms with van der Waals surface area (Å²) < 4.78 is 31.9. The molecule has 2 atom stereocenters. The zero-order chi connectivity index (χ0) is 36.8. The van der Waals surface area contributed by atoms with Crippen LogP contribution in [0.4, 0.5) is 0 Å². The highest BCUT2D eigenvalue weighted by Gasteiger charge is 2.24. The van der Waals surface area contributed by atoms with E-state index in [4.69, 9.17) is 14.0 Å². The smallest absolute Gasteiger partial charge is 0.462 e. The van der Waals surface area contributed by atoms with Crippen LogP contribution in [0, 0.1) is 0 Å².